The van der Waals surface area contributed by atoms with Crippen LogP contribution in [0.3, 0.4) is 0 Å². The fraction of sp³-hybridized carbons (Fsp3) is 0.273. The molecule has 3 N–H and O–H groups in total. The van der Waals surface area contributed by atoms with E-state index in [1.54, 1.807) is 24.3 Å². The fourth-order valence-electron chi connectivity index (χ4n) is 3.95. The smallest absolute Gasteiger partial charge is 0.163 e. The van der Waals surface area contributed by atoms with Gasteiger partial charge in [-0.2, -0.15) is 5.26 Å². The van der Waals surface area contributed by atoms with E-state index in [0.717, 1.165) is 23.4 Å². The number of allylic oxidation sites excluding steroid dienone is 1. The minimum absolute atomic E-state index is 0.0999. The summed E-state index contributed by atoms with van der Waals surface area (Å²) >= 11 is 0. The number of nitrogens with zero attached hydrogens (tertiary/aromatic N) is 1. The Kier molecular flexibility index (Phi) is 3.92. The zero-order chi connectivity index (χ0) is 19.2. The third kappa shape index (κ3) is 3.04. The number of rotatable bonds is 1. The molecule has 1 aliphatic heterocycles. The fourth-order valence-corrected chi connectivity index (χ4v) is 3.95. The Morgan fingerprint density at radius 2 is 1.89 bits per heavy atom. The highest BCUT2D eigenvalue weighted by molar-refractivity contribution is 6.01. The first-order chi connectivity index (χ1) is 12.9. The molecular formula is C22H21N3O2. The minimum Gasteiger partial charge on any atom is -0.506 e. The van der Waals surface area contributed by atoms with Gasteiger partial charge in [-0.25, -0.2) is 0 Å². The van der Waals surface area contributed by atoms with Crippen LogP contribution in [0.2, 0.25) is 0 Å². The molecule has 2 aromatic rings. The molecular weight excluding hydrogens is 338 g/mol. The monoisotopic (exact) mass is 359 g/mol. The third-order valence-electron chi connectivity index (χ3n) is 5.20. The summed E-state index contributed by atoms with van der Waals surface area (Å²) in [6, 6.07) is 14.3. The van der Waals surface area contributed by atoms with E-state index in [2.05, 4.69) is 30.6 Å². The highest BCUT2D eigenvalue weighted by atomic mass is 16.3. The Morgan fingerprint density at radius 1 is 1.15 bits per heavy atom. The predicted octanol–water partition coefficient (Wildman–Crippen LogP) is 4.49. The van der Waals surface area contributed by atoms with Crippen molar-refractivity contribution in [2.75, 3.05) is 10.6 Å². The Hall–Kier alpha value is -3.26. The lowest BCUT2D eigenvalue weighted by Gasteiger charge is -2.34. The van der Waals surface area contributed by atoms with Crippen LogP contribution >= 0.6 is 0 Å². The van der Waals surface area contributed by atoms with Gasteiger partial charge in [0.2, 0.25) is 0 Å². The molecule has 2 aromatic carbocycles. The first-order valence-electron chi connectivity index (χ1n) is 9.00. The summed E-state index contributed by atoms with van der Waals surface area (Å²) in [6.45, 7) is 4.16. The predicted molar refractivity (Wildman–Crippen MR) is 104 cm³/mol. The largest absolute Gasteiger partial charge is 0.506 e. The number of hydrogen-bond donors (Lipinski definition) is 3. The van der Waals surface area contributed by atoms with Crippen LogP contribution in [-0.4, -0.2) is 10.9 Å². The number of nitrogens with one attached hydrogen (secondary N) is 2. The van der Waals surface area contributed by atoms with Crippen molar-refractivity contribution in [1.29, 1.82) is 5.26 Å². The standard InChI is InChI=1S/C22H21N3O2/c1-22(2)10-16-19(18(27)11-22)20(14-8-6-13(12-23)7-9-14)24-15-4-3-5-17(26)21(15)25-16/h3-9,20,24-26H,10-11H2,1-2H3. The molecule has 1 atom stereocenters. The van der Waals surface area contributed by atoms with Gasteiger partial charge in [0.25, 0.3) is 0 Å². The summed E-state index contributed by atoms with van der Waals surface area (Å²) in [7, 11) is 0. The number of nitriles is 1. The van der Waals surface area contributed by atoms with Crippen molar-refractivity contribution < 1.29 is 9.90 Å². The molecule has 0 bridgehead atoms. The van der Waals surface area contributed by atoms with E-state index < -0.39 is 0 Å². The van der Waals surface area contributed by atoms with E-state index in [1.165, 1.54) is 0 Å². The van der Waals surface area contributed by atoms with E-state index in [0.29, 0.717) is 23.2 Å². The molecule has 0 radical (unpaired) electrons. The van der Waals surface area contributed by atoms with E-state index in [4.69, 9.17) is 5.26 Å². The molecule has 5 heteroatoms. The molecule has 1 unspecified atom stereocenters. The average molecular weight is 359 g/mol. The van der Waals surface area contributed by atoms with E-state index in [-0.39, 0.29) is 23.0 Å². The van der Waals surface area contributed by atoms with Gasteiger partial charge in [0, 0.05) is 17.7 Å². The third-order valence-corrected chi connectivity index (χ3v) is 5.20. The Bertz CT molecular complexity index is 997. The maximum Gasteiger partial charge on any atom is 0.163 e. The van der Waals surface area contributed by atoms with Crippen LogP contribution in [0.15, 0.2) is 53.7 Å². The number of para-hydroxylation sites is 1. The maximum atomic E-state index is 13.1. The highest BCUT2D eigenvalue weighted by Crippen LogP contribution is 2.47. The molecule has 0 fully saturated rings. The van der Waals surface area contributed by atoms with Gasteiger partial charge in [-0.1, -0.05) is 32.0 Å². The van der Waals surface area contributed by atoms with Gasteiger partial charge in [-0.3, -0.25) is 4.79 Å². The lowest BCUT2D eigenvalue weighted by molar-refractivity contribution is -0.118. The lowest BCUT2D eigenvalue weighted by atomic mass is 9.73. The summed E-state index contributed by atoms with van der Waals surface area (Å²) in [5.41, 5.74) is 4.22. The number of carbonyl (C=O) groups excluding carboxylic acids is 1. The van der Waals surface area contributed by atoms with Gasteiger partial charge in [-0.15, -0.1) is 0 Å². The number of aromatic hydroxyl groups is 1. The number of carbonyl (C=O) groups is 1. The normalized spacial score (nSPS) is 20.5. The number of phenols is 1. The van der Waals surface area contributed by atoms with Crippen LogP contribution in [0.4, 0.5) is 11.4 Å². The van der Waals surface area contributed by atoms with Crippen molar-refractivity contribution >= 4 is 17.2 Å². The second-order valence-electron chi connectivity index (χ2n) is 7.97. The number of ketones is 1. The summed E-state index contributed by atoms with van der Waals surface area (Å²) in [4.78, 5) is 13.1. The Labute approximate surface area is 158 Å². The van der Waals surface area contributed by atoms with Crippen LogP contribution < -0.4 is 10.6 Å². The molecule has 0 spiro atoms. The van der Waals surface area contributed by atoms with Crippen LogP contribution in [0.5, 0.6) is 5.75 Å². The zero-order valence-electron chi connectivity index (χ0n) is 15.3. The van der Waals surface area contributed by atoms with Gasteiger partial charge >= 0.3 is 0 Å². The number of benzene rings is 2. The van der Waals surface area contributed by atoms with Crippen LogP contribution in [-0.2, 0) is 4.79 Å². The number of phenolic OH excluding ortho intramolecular Hbond substituents is 1. The van der Waals surface area contributed by atoms with Crippen LogP contribution in [0.1, 0.15) is 43.9 Å². The first kappa shape index (κ1) is 17.2. The Morgan fingerprint density at radius 3 is 2.59 bits per heavy atom. The molecule has 27 heavy (non-hydrogen) atoms. The van der Waals surface area contributed by atoms with Gasteiger partial charge < -0.3 is 15.7 Å². The molecule has 1 heterocycles. The number of Topliss-reactive ketones (excluding diaryl/α,β-unsaturated/α-hetero) is 1. The van der Waals surface area contributed by atoms with Crippen molar-refractivity contribution in [3.05, 3.63) is 64.9 Å². The SMILES string of the molecule is CC1(C)CC(=O)C2=C(C1)Nc1c(O)cccc1NC2c1ccc(C#N)cc1. The first-order valence-corrected chi connectivity index (χ1v) is 9.00. The summed E-state index contributed by atoms with van der Waals surface area (Å²) in [5, 5.41) is 26.2. The second-order valence-corrected chi connectivity index (χ2v) is 7.97. The Balaban J connectivity index is 1.89. The molecule has 136 valence electrons. The highest BCUT2D eigenvalue weighted by Gasteiger charge is 2.39. The topological polar surface area (TPSA) is 85.2 Å². The van der Waals surface area contributed by atoms with Crippen molar-refractivity contribution in [1.82, 2.24) is 0 Å². The van der Waals surface area contributed by atoms with Gasteiger partial charge in [0.15, 0.2) is 5.78 Å². The maximum absolute atomic E-state index is 13.1. The lowest BCUT2D eigenvalue weighted by Crippen LogP contribution is -2.31. The molecule has 5 nitrogen and oxygen atoms in total. The molecule has 0 aromatic heterocycles. The van der Waals surface area contributed by atoms with Crippen molar-refractivity contribution in [3.63, 3.8) is 0 Å². The quantitative estimate of drug-likeness (QED) is 0.654. The van der Waals surface area contributed by atoms with Gasteiger partial charge in [-0.05, 0) is 41.7 Å². The number of hydrogen-bond acceptors (Lipinski definition) is 5. The van der Waals surface area contributed by atoms with Gasteiger partial charge in [0.05, 0.1) is 23.4 Å². The summed E-state index contributed by atoms with van der Waals surface area (Å²) < 4.78 is 0. The van der Waals surface area contributed by atoms with Crippen molar-refractivity contribution in [2.45, 2.75) is 32.7 Å². The van der Waals surface area contributed by atoms with Crippen LogP contribution in [0.25, 0.3) is 0 Å². The minimum atomic E-state index is -0.341. The number of fused-ring (bicyclic) bond motifs is 1. The molecule has 0 saturated heterocycles. The van der Waals surface area contributed by atoms with E-state index >= 15 is 0 Å². The van der Waals surface area contributed by atoms with Crippen LogP contribution in [0, 0.1) is 16.7 Å². The molecule has 4 rings (SSSR count). The second kappa shape index (κ2) is 6.17. The molecule has 1 aliphatic carbocycles. The van der Waals surface area contributed by atoms with Crippen molar-refractivity contribution in [3.8, 4) is 11.8 Å². The zero-order valence-corrected chi connectivity index (χ0v) is 15.3. The van der Waals surface area contributed by atoms with E-state index in [9.17, 15) is 9.90 Å². The van der Waals surface area contributed by atoms with Gasteiger partial charge in [0.1, 0.15) is 11.4 Å². The molecule has 0 saturated carbocycles. The molecule has 0 amide bonds. The molecule has 2 aliphatic rings. The summed E-state index contributed by atoms with van der Waals surface area (Å²) in [5.74, 6) is 0.242. The summed E-state index contributed by atoms with van der Waals surface area (Å²) in [6.07, 6.45) is 1.20. The van der Waals surface area contributed by atoms with Crippen molar-refractivity contribution in [2.24, 2.45) is 5.41 Å². The van der Waals surface area contributed by atoms with E-state index in [1.807, 2.05) is 18.2 Å². The number of anilines is 2. The average Bonchev–Trinajstić information content (AvgIpc) is 2.78.